The zero-order chi connectivity index (χ0) is 12.2. The Morgan fingerprint density at radius 2 is 2.19 bits per heavy atom. The SMILES string of the molecule is CC(CCN1CCCNC(C)(C)C1)S(C)=O. The van der Waals surface area contributed by atoms with Gasteiger partial charge in [0.1, 0.15) is 0 Å². The summed E-state index contributed by atoms with van der Waals surface area (Å²) in [6, 6.07) is 0. The van der Waals surface area contributed by atoms with Crippen LogP contribution in [-0.4, -0.2) is 52.3 Å². The van der Waals surface area contributed by atoms with Crippen molar-refractivity contribution in [2.24, 2.45) is 0 Å². The number of nitrogens with one attached hydrogen (secondary N) is 1. The first kappa shape index (κ1) is 14.1. The molecular weight excluding hydrogens is 220 g/mol. The van der Waals surface area contributed by atoms with Gasteiger partial charge in [-0.15, -0.1) is 0 Å². The first-order valence-electron chi connectivity index (χ1n) is 6.20. The molecule has 0 aliphatic carbocycles. The highest BCUT2D eigenvalue weighted by atomic mass is 32.2. The van der Waals surface area contributed by atoms with Gasteiger partial charge in [0.05, 0.1) is 0 Å². The molecule has 3 nitrogen and oxygen atoms in total. The zero-order valence-electron chi connectivity index (χ0n) is 11.1. The lowest BCUT2D eigenvalue weighted by Crippen LogP contribution is -2.46. The van der Waals surface area contributed by atoms with E-state index in [2.05, 4.69) is 31.0 Å². The molecule has 96 valence electrons. The van der Waals surface area contributed by atoms with Gasteiger partial charge in [0.25, 0.3) is 0 Å². The van der Waals surface area contributed by atoms with Crippen LogP contribution in [0.15, 0.2) is 0 Å². The standard InChI is InChI=1S/C12H26N2OS/c1-11(16(4)15)6-9-14-8-5-7-13-12(2,3)10-14/h11,13H,5-10H2,1-4H3. The first-order valence-corrected chi connectivity index (χ1v) is 7.82. The number of nitrogens with zero attached hydrogens (tertiary/aromatic N) is 1. The van der Waals surface area contributed by atoms with Gasteiger partial charge in [-0.2, -0.15) is 0 Å². The van der Waals surface area contributed by atoms with Crippen molar-refractivity contribution in [1.29, 1.82) is 0 Å². The minimum absolute atomic E-state index is 0.213. The van der Waals surface area contributed by atoms with Gasteiger partial charge < -0.3 is 10.2 Å². The number of hydrogen-bond donors (Lipinski definition) is 1. The summed E-state index contributed by atoms with van der Waals surface area (Å²) in [6.45, 7) is 11.0. The molecule has 0 spiro atoms. The maximum Gasteiger partial charge on any atom is 0.0329 e. The molecule has 1 aliphatic rings. The fourth-order valence-electron chi connectivity index (χ4n) is 2.14. The van der Waals surface area contributed by atoms with E-state index < -0.39 is 10.8 Å². The molecule has 1 fully saturated rings. The lowest BCUT2D eigenvalue weighted by molar-refractivity contribution is 0.229. The summed E-state index contributed by atoms with van der Waals surface area (Å²) in [6.07, 6.45) is 4.06. The molecule has 4 heteroatoms. The molecule has 2 unspecified atom stereocenters. The summed E-state index contributed by atoms with van der Waals surface area (Å²) >= 11 is 0. The molecular formula is C12H26N2OS. The molecule has 0 radical (unpaired) electrons. The number of hydrogen-bond acceptors (Lipinski definition) is 3. The van der Waals surface area contributed by atoms with E-state index in [1.54, 1.807) is 6.26 Å². The van der Waals surface area contributed by atoms with Crippen molar-refractivity contribution in [3.63, 3.8) is 0 Å². The highest BCUT2D eigenvalue weighted by Crippen LogP contribution is 2.12. The van der Waals surface area contributed by atoms with Crippen LogP contribution in [0.5, 0.6) is 0 Å². The van der Waals surface area contributed by atoms with E-state index in [-0.39, 0.29) is 5.54 Å². The van der Waals surface area contributed by atoms with Crippen LogP contribution < -0.4 is 5.32 Å². The van der Waals surface area contributed by atoms with Gasteiger partial charge in [-0.1, -0.05) is 6.92 Å². The molecule has 1 aliphatic heterocycles. The van der Waals surface area contributed by atoms with Crippen LogP contribution in [0.3, 0.4) is 0 Å². The Morgan fingerprint density at radius 1 is 1.50 bits per heavy atom. The largest absolute Gasteiger partial charge is 0.310 e. The van der Waals surface area contributed by atoms with Crippen molar-refractivity contribution >= 4 is 10.8 Å². The average molecular weight is 246 g/mol. The second-order valence-corrected chi connectivity index (χ2v) is 7.34. The van der Waals surface area contributed by atoms with E-state index in [1.807, 2.05) is 0 Å². The number of rotatable bonds is 4. The van der Waals surface area contributed by atoms with Crippen molar-refractivity contribution in [2.45, 2.75) is 44.4 Å². The fourth-order valence-corrected chi connectivity index (χ4v) is 2.58. The molecule has 0 aromatic heterocycles. The molecule has 0 bridgehead atoms. The van der Waals surface area contributed by atoms with E-state index in [0.717, 1.165) is 26.1 Å². The minimum atomic E-state index is -0.680. The lowest BCUT2D eigenvalue weighted by atomic mass is 10.1. The summed E-state index contributed by atoms with van der Waals surface area (Å²) in [7, 11) is -0.680. The van der Waals surface area contributed by atoms with E-state index in [9.17, 15) is 4.21 Å². The summed E-state index contributed by atoms with van der Waals surface area (Å²) in [5, 5.41) is 3.88. The van der Waals surface area contributed by atoms with Crippen LogP contribution in [0.1, 0.15) is 33.6 Å². The van der Waals surface area contributed by atoms with Gasteiger partial charge in [0, 0.05) is 34.4 Å². The predicted octanol–water partition coefficient (Wildman–Crippen LogP) is 1.22. The lowest BCUT2D eigenvalue weighted by Gasteiger charge is -2.30. The molecule has 1 rings (SSSR count). The third-order valence-corrected chi connectivity index (χ3v) is 4.66. The van der Waals surface area contributed by atoms with E-state index in [0.29, 0.717) is 5.25 Å². The van der Waals surface area contributed by atoms with Crippen LogP contribution in [0.25, 0.3) is 0 Å². The molecule has 0 aromatic rings. The fraction of sp³-hybridized carbons (Fsp3) is 1.00. The Balaban J connectivity index is 2.38. The van der Waals surface area contributed by atoms with Crippen LogP contribution in [-0.2, 0) is 10.8 Å². The quantitative estimate of drug-likeness (QED) is 0.809. The smallest absolute Gasteiger partial charge is 0.0329 e. The van der Waals surface area contributed by atoms with E-state index >= 15 is 0 Å². The van der Waals surface area contributed by atoms with Crippen LogP contribution in [0, 0.1) is 0 Å². The van der Waals surface area contributed by atoms with Crippen molar-refractivity contribution in [2.75, 3.05) is 32.4 Å². The van der Waals surface area contributed by atoms with Gasteiger partial charge in [0.2, 0.25) is 0 Å². The van der Waals surface area contributed by atoms with Gasteiger partial charge in [-0.3, -0.25) is 4.21 Å². The molecule has 16 heavy (non-hydrogen) atoms. The summed E-state index contributed by atoms with van der Waals surface area (Å²) < 4.78 is 11.3. The van der Waals surface area contributed by atoms with Gasteiger partial charge in [0.15, 0.2) is 0 Å². The monoisotopic (exact) mass is 246 g/mol. The Hall–Kier alpha value is 0.0700. The Morgan fingerprint density at radius 3 is 2.81 bits per heavy atom. The van der Waals surface area contributed by atoms with Gasteiger partial charge >= 0.3 is 0 Å². The highest BCUT2D eigenvalue weighted by Gasteiger charge is 2.24. The molecule has 0 amide bonds. The molecule has 1 heterocycles. The highest BCUT2D eigenvalue weighted by molar-refractivity contribution is 7.84. The summed E-state index contributed by atoms with van der Waals surface area (Å²) in [5.41, 5.74) is 0.213. The van der Waals surface area contributed by atoms with Crippen molar-refractivity contribution in [3.8, 4) is 0 Å². The Labute approximate surface area is 102 Å². The molecule has 0 saturated carbocycles. The second kappa shape index (κ2) is 6.12. The minimum Gasteiger partial charge on any atom is -0.310 e. The van der Waals surface area contributed by atoms with Crippen molar-refractivity contribution in [1.82, 2.24) is 10.2 Å². The maximum absolute atomic E-state index is 11.3. The average Bonchev–Trinajstić information content (AvgIpc) is 2.35. The van der Waals surface area contributed by atoms with Gasteiger partial charge in [-0.05, 0) is 46.3 Å². The second-order valence-electron chi connectivity index (χ2n) is 5.54. The summed E-state index contributed by atoms with van der Waals surface area (Å²) in [5.74, 6) is 0. The zero-order valence-corrected chi connectivity index (χ0v) is 11.9. The first-order chi connectivity index (χ1) is 7.41. The van der Waals surface area contributed by atoms with Gasteiger partial charge in [-0.25, -0.2) is 0 Å². The topological polar surface area (TPSA) is 32.3 Å². The third-order valence-electron chi connectivity index (χ3n) is 3.29. The normalized spacial score (nSPS) is 26.0. The van der Waals surface area contributed by atoms with Crippen molar-refractivity contribution in [3.05, 3.63) is 0 Å². The molecule has 0 aromatic carbocycles. The van der Waals surface area contributed by atoms with Crippen LogP contribution in [0.4, 0.5) is 0 Å². The molecule has 1 saturated heterocycles. The predicted molar refractivity (Wildman–Crippen MR) is 71.3 cm³/mol. The Kier molecular flexibility index (Phi) is 5.41. The Bertz CT molecular complexity index is 243. The van der Waals surface area contributed by atoms with Crippen LogP contribution >= 0.6 is 0 Å². The third kappa shape index (κ3) is 4.93. The molecule has 2 atom stereocenters. The van der Waals surface area contributed by atoms with Crippen molar-refractivity contribution < 1.29 is 4.21 Å². The summed E-state index contributed by atoms with van der Waals surface area (Å²) in [4.78, 5) is 2.50. The maximum atomic E-state index is 11.3. The molecule has 1 N–H and O–H groups in total. The van der Waals surface area contributed by atoms with E-state index in [4.69, 9.17) is 0 Å². The van der Waals surface area contributed by atoms with Crippen LogP contribution in [0.2, 0.25) is 0 Å². The van der Waals surface area contributed by atoms with E-state index in [1.165, 1.54) is 13.0 Å².